The van der Waals surface area contributed by atoms with Crippen LogP contribution in [0.5, 0.6) is 0 Å². The lowest BCUT2D eigenvalue weighted by molar-refractivity contribution is 0.159. The molecular formula is C15H20N6O. The minimum absolute atomic E-state index is 0.0360. The first-order valence-corrected chi connectivity index (χ1v) is 7.76. The maximum Gasteiger partial charge on any atom is 0.317 e. The normalized spacial score (nSPS) is 24.6. The third kappa shape index (κ3) is 1.84. The van der Waals surface area contributed by atoms with Crippen molar-refractivity contribution in [3.8, 4) is 0 Å². The van der Waals surface area contributed by atoms with Crippen LogP contribution in [0.25, 0.3) is 11.0 Å². The maximum absolute atomic E-state index is 12.2. The fourth-order valence-electron chi connectivity index (χ4n) is 3.96. The largest absolute Gasteiger partial charge is 0.354 e. The molecule has 2 N–H and O–H groups in total. The molecule has 0 radical (unpaired) electrons. The van der Waals surface area contributed by atoms with Gasteiger partial charge in [0.1, 0.15) is 17.8 Å². The minimum atomic E-state index is -0.0479. The molecule has 4 heterocycles. The van der Waals surface area contributed by atoms with Gasteiger partial charge in [-0.05, 0) is 25.3 Å². The summed E-state index contributed by atoms with van der Waals surface area (Å²) in [6.45, 7) is 2.61. The number of likely N-dealkylation sites (tertiary alicyclic amines) is 1. The molecule has 2 aromatic heterocycles. The summed E-state index contributed by atoms with van der Waals surface area (Å²) in [5.41, 5.74) is 0.814. The second-order valence-electron chi connectivity index (χ2n) is 6.14. The Hall–Kier alpha value is -2.31. The first-order valence-electron chi connectivity index (χ1n) is 7.76. The van der Waals surface area contributed by atoms with E-state index in [-0.39, 0.29) is 11.6 Å². The molecule has 2 amide bonds. The molecule has 2 aromatic rings. The van der Waals surface area contributed by atoms with Crippen LogP contribution in [0.4, 0.5) is 10.6 Å². The van der Waals surface area contributed by atoms with Gasteiger partial charge in [0.2, 0.25) is 0 Å². The smallest absolute Gasteiger partial charge is 0.317 e. The monoisotopic (exact) mass is 300 g/mol. The Morgan fingerprint density at radius 1 is 1.36 bits per heavy atom. The predicted molar refractivity (Wildman–Crippen MR) is 83.8 cm³/mol. The molecule has 4 rings (SSSR count). The first-order chi connectivity index (χ1) is 10.7. The second-order valence-corrected chi connectivity index (χ2v) is 6.14. The quantitative estimate of drug-likeness (QED) is 0.833. The molecule has 1 unspecified atom stereocenters. The van der Waals surface area contributed by atoms with Crippen molar-refractivity contribution >= 4 is 22.9 Å². The molecule has 7 heteroatoms. The predicted octanol–water partition coefficient (Wildman–Crippen LogP) is 1.34. The van der Waals surface area contributed by atoms with Gasteiger partial charge in [-0.1, -0.05) is 0 Å². The molecule has 2 fully saturated rings. The number of anilines is 1. The number of carbonyl (C=O) groups excluding carboxylic acids is 1. The Morgan fingerprint density at radius 2 is 2.27 bits per heavy atom. The molecule has 0 aromatic carbocycles. The van der Waals surface area contributed by atoms with E-state index in [2.05, 4.69) is 25.2 Å². The van der Waals surface area contributed by atoms with Crippen molar-refractivity contribution in [3.05, 3.63) is 18.6 Å². The number of nitrogens with zero attached hydrogens (tertiary/aromatic N) is 4. The van der Waals surface area contributed by atoms with Crippen LogP contribution in [0.2, 0.25) is 0 Å². The number of carbonyl (C=O) groups is 1. The zero-order chi connectivity index (χ0) is 15.2. The summed E-state index contributed by atoms with van der Waals surface area (Å²) in [4.78, 5) is 28.3. The second kappa shape index (κ2) is 4.86. The highest BCUT2D eigenvalue weighted by Gasteiger charge is 2.48. The van der Waals surface area contributed by atoms with E-state index >= 15 is 0 Å². The van der Waals surface area contributed by atoms with Crippen LogP contribution in [0.15, 0.2) is 18.6 Å². The third-order valence-electron chi connectivity index (χ3n) is 5.02. The number of rotatable bonds is 1. The zero-order valence-corrected chi connectivity index (χ0v) is 12.7. The van der Waals surface area contributed by atoms with Crippen molar-refractivity contribution in [1.29, 1.82) is 0 Å². The lowest BCUT2D eigenvalue weighted by Gasteiger charge is -2.34. The van der Waals surface area contributed by atoms with Crippen molar-refractivity contribution in [2.75, 3.05) is 31.6 Å². The molecule has 116 valence electrons. The molecule has 1 atom stereocenters. The summed E-state index contributed by atoms with van der Waals surface area (Å²) in [6.07, 6.45) is 6.63. The minimum Gasteiger partial charge on any atom is -0.354 e. The summed E-state index contributed by atoms with van der Waals surface area (Å²) >= 11 is 0. The molecule has 22 heavy (non-hydrogen) atoms. The van der Waals surface area contributed by atoms with Gasteiger partial charge in [0.25, 0.3) is 0 Å². The van der Waals surface area contributed by atoms with Crippen molar-refractivity contribution in [2.24, 2.45) is 0 Å². The average molecular weight is 300 g/mol. The fourth-order valence-corrected chi connectivity index (χ4v) is 3.96. The first kappa shape index (κ1) is 13.4. The standard InChI is InChI=1S/C15H20N6O/c1-16-14(22)21-7-2-4-15(21)5-8-20(9-15)13-11-3-6-17-12(11)18-10-19-13/h3,6,10H,2,4-5,7-9H2,1H3,(H,16,22)(H,17,18,19). The number of aromatic nitrogens is 3. The summed E-state index contributed by atoms with van der Waals surface area (Å²) in [7, 11) is 1.70. The molecule has 0 aliphatic carbocycles. The highest BCUT2D eigenvalue weighted by molar-refractivity contribution is 5.87. The van der Waals surface area contributed by atoms with Crippen LogP contribution in [0, 0.1) is 0 Å². The topological polar surface area (TPSA) is 77.2 Å². The van der Waals surface area contributed by atoms with Crippen LogP contribution in [0.1, 0.15) is 19.3 Å². The van der Waals surface area contributed by atoms with E-state index in [1.165, 1.54) is 0 Å². The van der Waals surface area contributed by atoms with Gasteiger partial charge in [-0.25, -0.2) is 14.8 Å². The van der Waals surface area contributed by atoms with E-state index in [4.69, 9.17) is 0 Å². The fraction of sp³-hybridized carbons (Fsp3) is 0.533. The molecule has 7 nitrogen and oxygen atoms in total. The number of nitrogens with one attached hydrogen (secondary N) is 2. The molecule has 2 saturated heterocycles. The van der Waals surface area contributed by atoms with Crippen LogP contribution in [-0.2, 0) is 0 Å². The van der Waals surface area contributed by atoms with Gasteiger partial charge in [-0.2, -0.15) is 0 Å². The Labute approximate surface area is 128 Å². The van der Waals surface area contributed by atoms with Gasteiger partial charge in [0.05, 0.1) is 10.9 Å². The molecule has 0 saturated carbocycles. The molecule has 2 aliphatic rings. The zero-order valence-electron chi connectivity index (χ0n) is 12.7. The maximum atomic E-state index is 12.2. The number of urea groups is 1. The number of amides is 2. The van der Waals surface area contributed by atoms with Gasteiger partial charge in [-0.15, -0.1) is 0 Å². The summed E-state index contributed by atoms with van der Waals surface area (Å²) < 4.78 is 0. The lowest BCUT2D eigenvalue weighted by Crippen LogP contribution is -2.52. The highest BCUT2D eigenvalue weighted by Crippen LogP contribution is 2.39. The number of aromatic amines is 1. The van der Waals surface area contributed by atoms with Gasteiger partial charge in [-0.3, -0.25) is 0 Å². The van der Waals surface area contributed by atoms with Crippen LogP contribution >= 0.6 is 0 Å². The summed E-state index contributed by atoms with van der Waals surface area (Å²) in [6, 6.07) is 2.05. The van der Waals surface area contributed by atoms with Gasteiger partial charge in [0, 0.05) is 32.9 Å². The van der Waals surface area contributed by atoms with Crippen molar-refractivity contribution in [3.63, 3.8) is 0 Å². The number of hydrogen-bond acceptors (Lipinski definition) is 4. The van der Waals surface area contributed by atoms with Crippen LogP contribution in [-0.4, -0.2) is 58.1 Å². The number of hydrogen-bond donors (Lipinski definition) is 2. The Balaban J connectivity index is 1.65. The average Bonchev–Trinajstić information content (AvgIpc) is 3.26. The van der Waals surface area contributed by atoms with Crippen LogP contribution < -0.4 is 10.2 Å². The molecule has 1 spiro atoms. The van der Waals surface area contributed by atoms with E-state index in [0.717, 1.165) is 55.7 Å². The number of fused-ring (bicyclic) bond motifs is 1. The van der Waals surface area contributed by atoms with E-state index < -0.39 is 0 Å². The summed E-state index contributed by atoms with van der Waals surface area (Å²) in [5, 5.41) is 3.82. The van der Waals surface area contributed by atoms with E-state index in [1.54, 1.807) is 13.4 Å². The van der Waals surface area contributed by atoms with Crippen molar-refractivity contribution in [1.82, 2.24) is 25.2 Å². The number of H-pyrrole nitrogens is 1. The Morgan fingerprint density at radius 3 is 3.14 bits per heavy atom. The molecular weight excluding hydrogens is 280 g/mol. The van der Waals surface area contributed by atoms with Crippen molar-refractivity contribution in [2.45, 2.75) is 24.8 Å². The molecule has 0 bridgehead atoms. The lowest BCUT2D eigenvalue weighted by atomic mass is 9.95. The molecule has 2 aliphatic heterocycles. The summed E-state index contributed by atoms with van der Waals surface area (Å²) in [5.74, 6) is 0.965. The third-order valence-corrected chi connectivity index (χ3v) is 5.02. The Kier molecular flexibility index (Phi) is 2.95. The highest BCUT2D eigenvalue weighted by atomic mass is 16.2. The Bertz CT molecular complexity index is 713. The van der Waals surface area contributed by atoms with E-state index in [9.17, 15) is 4.79 Å². The van der Waals surface area contributed by atoms with E-state index in [0.29, 0.717) is 0 Å². The van der Waals surface area contributed by atoms with Crippen molar-refractivity contribution < 1.29 is 4.79 Å². The van der Waals surface area contributed by atoms with Gasteiger partial charge < -0.3 is 20.1 Å². The van der Waals surface area contributed by atoms with E-state index in [1.807, 2.05) is 17.2 Å². The van der Waals surface area contributed by atoms with Gasteiger partial charge in [0.15, 0.2) is 0 Å². The van der Waals surface area contributed by atoms with Crippen LogP contribution in [0.3, 0.4) is 0 Å². The SMILES string of the molecule is CNC(=O)N1CCCC12CCN(c1ncnc3[nH]ccc13)C2. The van der Waals surface area contributed by atoms with Gasteiger partial charge >= 0.3 is 6.03 Å².